The number of hydrogen-bond acceptors (Lipinski definition) is 4. The van der Waals surface area contributed by atoms with Crippen LogP contribution in [0.3, 0.4) is 0 Å². The largest absolute Gasteiger partial charge is 0.496 e. The molecule has 29 heavy (non-hydrogen) atoms. The Balaban J connectivity index is 1.62. The van der Waals surface area contributed by atoms with Gasteiger partial charge in [-0.3, -0.25) is 9.59 Å². The van der Waals surface area contributed by atoms with Crippen molar-refractivity contribution >= 4 is 35.0 Å². The summed E-state index contributed by atoms with van der Waals surface area (Å²) in [5, 5.41) is 3.95. The van der Waals surface area contributed by atoms with Gasteiger partial charge in [-0.05, 0) is 49.2 Å². The quantitative estimate of drug-likeness (QED) is 0.767. The molecule has 1 heterocycles. The zero-order valence-corrected chi connectivity index (χ0v) is 17.7. The van der Waals surface area contributed by atoms with Crippen LogP contribution in [-0.4, -0.2) is 50.1 Å². The molecule has 1 fully saturated rings. The van der Waals surface area contributed by atoms with Crippen molar-refractivity contribution in [3.05, 3.63) is 57.6 Å². The molecular weight excluding hydrogens is 415 g/mol. The van der Waals surface area contributed by atoms with Crippen LogP contribution in [0.15, 0.2) is 36.4 Å². The highest BCUT2D eigenvalue weighted by Gasteiger charge is 2.27. The van der Waals surface area contributed by atoms with E-state index in [4.69, 9.17) is 32.7 Å². The van der Waals surface area contributed by atoms with Crippen LogP contribution in [0.2, 0.25) is 10.0 Å². The minimum absolute atomic E-state index is 0.0449. The Labute approximate surface area is 179 Å². The molecule has 1 N–H and O–H groups in total. The van der Waals surface area contributed by atoms with Crippen molar-refractivity contribution in [1.82, 2.24) is 10.2 Å². The van der Waals surface area contributed by atoms with Crippen molar-refractivity contribution in [3.63, 3.8) is 0 Å². The van der Waals surface area contributed by atoms with E-state index in [1.165, 1.54) is 14.2 Å². The number of ether oxygens (including phenoxy) is 2. The molecule has 1 aliphatic rings. The fourth-order valence-corrected chi connectivity index (χ4v) is 3.71. The van der Waals surface area contributed by atoms with Gasteiger partial charge >= 0.3 is 0 Å². The summed E-state index contributed by atoms with van der Waals surface area (Å²) in [6.45, 7) is 1.04. The van der Waals surface area contributed by atoms with E-state index in [0.717, 1.165) is 0 Å². The van der Waals surface area contributed by atoms with Gasteiger partial charge in [-0.2, -0.15) is 0 Å². The lowest BCUT2D eigenvalue weighted by Gasteiger charge is -2.32. The summed E-state index contributed by atoms with van der Waals surface area (Å²) in [4.78, 5) is 27.3. The van der Waals surface area contributed by atoms with Crippen LogP contribution < -0.4 is 14.8 Å². The van der Waals surface area contributed by atoms with Crippen molar-refractivity contribution in [2.24, 2.45) is 0 Å². The van der Waals surface area contributed by atoms with Crippen LogP contribution in [0.25, 0.3) is 0 Å². The molecule has 2 aromatic carbocycles. The number of amides is 2. The average Bonchev–Trinajstić information content (AvgIpc) is 2.73. The molecule has 0 spiro atoms. The SMILES string of the molecule is COc1ccc(Cl)cc1C(=O)NC1CCN(C(=O)c2cc(Cl)ccc2OC)CC1. The molecule has 0 unspecified atom stereocenters. The third-order valence-electron chi connectivity index (χ3n) is 4.92. The second-order valence-corrected chi connectivity index (χ2v) is 7.60. The lowest BCUT2D eigenvalue weighted by atomic mass is 10.0. The number of carbonyl (C=O) groups is 2. The second-order valence-electron chi connectivity index (χ2n) is 6.73. The first-order chi connectivity index (χ1) is 13.9. The van der Waals surface area contributed by atoms with Crippen LogP contribution in [0.4, 0.5) is 0 Å². The first-order valence-electron chi connectivity index (χ1n) is 9.20. The van der Waals surface area contributed by atoms with Gasteiger partial charge in [0.25, 0.3) is 11.8 Å². The van der Waals surface area contributed by atoms with E-state index >= 15 is 0 Å². The van der Waals surface area contributed by atoms with Crippen LogP contribution in [0, 0.1) is 0 Å². The summed E-state index contributed by atoms with van der Waals surface area (Å²) < 4.78 is 10.5. The van der Waals surface area contributed by atoms with E-state index in [0.29, 0.717) is 58.6 Å². The molecule has 8 heteroatoms. The van der Waals surface area contributed by atoms with Gasteiger partial charge in [-0.15, -0.1) is 0 Å². The maximum Gasteiger partial charge on any atom is 0.257 e. The first kappa shape index (κ1) is 21.3. The highest BCUT2D eigenvalue weighted by Crippen LogP contribution is 2.26. The summed E-state index contributed by atoms with van der Waals surface area (Å²) in [6.07, 6.45) is 1.28. The van der Waals surface area contributed by atoms with Crippen molar-refractivity contribution < 1.29 is 19.1 Å². The van der Waals surface area contributed by atoms with Crippen LogP contribution in [0.1, 0.15) is 33.6 Å². The van der Waals surface area contributed by atoms with Gasteiger partial charge in [0.15, 0.2) is 0 Å². The number of halogens is 2. The highest BCUT2D eigenvalue weighted by molar-refractivity contribution is 6.31. The van der Waals surface area contributed by atoms with Crippen molar-refractivity contribution in [2.45, 2.75) is 18.9 Å². The number of benzene rings is 2. The van der Waals surface area contributed by atoms with Gasteiger partial charge in [0.1, 0.15) is 11.5 Å². The molecule has 1 saturated heterocycles. The van der Waals surface area contributed by atoms with Crippen molar-refractivity contribution in [1.29, 1.82) is 0 Å². The Kier molecular flexibility index (Phi) is 6.87. The van der Waals surface area contributed by atoms with Crippen molar-refractivity contribution in [2.75, 3.05) is 27.3 Å². The molecule has 2 amide bonds. The molecule has 1 aliphatic heterocycles. The minimum Gasteiger partial charge on any atom is -0.496 e. The number of rotatable bonds is 5. The first-order valence-corrected chi connectivity index (χ1v) is 9.95. The van der Waals surface area contributed by atoms with E-state index in [2.05, 4.69) is 5.32 Å². The van der Waals surface area contributed by atoms with Gasteiger partial charge < -0.3 is 19.7 Å². The van der Waals surface area contributed by atoms with E-state index in [1.54, 1.807) is 41.3 Å². The van der Waals surface area contributed by atoms with E-state index in [9.17, 15) is 9.59 Å². The molecule has 0 aromatic heterocycles. The highest BCUT2D eigenvalue weighted by atomic mass is 35.5. The van der Waals surface area contributed by atoms with Crippen LogP contribution in [0.5, 0.6) is 11.5 Å². The molecule has 0 atom stereocenters. The van der Waals surface area contributed by atoms with Crippen LogP contribution in [-0.2, 0) is 0 Å². The summed E-state index contributed by atoms with van der Waals surface area (Å²) in [7, 11) is 3.03. The minimum atomic E-state index is -0.245. The molecule has 0 saturated carbocycles. The fraction of sp³-hybridized carbons (Fsp3) is 0.333. The number of hydrogen-bond donors (Lipinski definition) is 1. The summed E-state index contributed by atoms with van der Waals surface area (Å²) in [5.41, 5.74) is 0.827. The van der Waals surface area contributed by atoms with E-state index in [-0.39, 0.29) is 17.9 Å². The normalized spacial score (nSPS) is 14.4. The maximum atomic E-state index is 12.9. The molecule has 154 valence electrons. The number of methoxy groups -OCH3 is 2. The summed E-state index contributed by atoms with van der Waals surface area (Å²) in [5.74, 6) is 0.576. The smallest absolute Gasteiger partial charge is 0.257 e. The number of carbonyl (C=O) groups excluding carboxylic acids is 2. The van der Waals surface area contributed by atoms with Gasteiger partial charge in [-0.25, -0.2) is 0 Å². The maximum absolute atomic E-state index is 12.9. The van der Waals surface area contributed by atoms with Gasteiger partial charge in [0.05, 0.1) is 25.3 Å². The van der Waals surface area contributed by atoms with Crippen LogP contribution >= 0.6 is 23.2 Å². The molecule has 3 rings (SSSR count). The lowest BCUT2D eigenvalue weighted by Crippen LogP contribution is -2.46. The monoisotopic (exact) mass is 436 g/mol. The molecule has 0 radical (unpaired) electrons. The molecule has 0 aliphatic carbocycles. The Morgan fingerprint density at radius 3 is 2.00 bits per heavy atom. The van der Waals surface area contributed by atoms with Gasteiger partial charge in [0, 0.05) is 29.2 Å². The average molecular weight is 437 g/mol. The van der Waals surface area contributed by atoms with Crippen molar-refractivity contribution in [3.8, 4) is 11.5 Å². The number of nitrogens with one attached hydrogen (secondary N) is 1. The molecule has 6 nitrogen and oxygen atoms in total. The Morgan fingerprint density at radius 1 is 0.931 bits per heavy atom. The molecular formula is C21H22Cl2N2O4. The van der Waals surface area contributed by atoms with Gasteiger partial charge in [0.2, 0.25) is 0 Å². The molecule has 0 bridgehead atoms. The standard InChI is InChI=1S/C21H22Cl2N2O4/c1-28-18-5-3-13(22)11-16(18)20(26)24-15-7-9-25(10-8-15)21(27)17-12-14(23)4-6-19(17)29-2/h3-6,11-12,15H,7-10H2,1-2H3,(H,24,26). The summed E-state index contributed by atoms with van der Waals surface area (Å²) in [6, 6.07) is 9.85. The third-order valence-corrected chi connectivity index (χ3v) is 5.39. The van der Waals surface area contributed by atoms with E-state index < -0.39 is 0 Å². The zero-order valence-electron chi connectivity index (χ0n) is 16.2. The zero-order chi connectivity index (χ0) is 21.0. The Morgan fingerprint density at radius 2 is 1.45 bits per heavy atom. The lowest BCUT2D eigenvalue weighted by molar-refractivity contribution is 0.0695. The van der Waals surface area contributed by atoms with Gasteiger partial charge in [-0.1, -0.05) is 23.2 Å². The number of piperidine rings is 1. The predicted molar refractivity (Wildman–Crippen MR) is 112 cm³/mol. The predicted octanol–water partition coefficient (Wildman–Crippen LogP) is 4.05. The van der Waals surface area contributed by atoms with E-state index in [1.807, 2.05) is 0 Å². The Bertz CT molecular complexity index is 912. The fourth-order valence-electron chi connectivity index (χ4n) is 3.37. The number of nitrogens with zero attached hydrogens (tertiary/aromatic N) is 1. The topological polar surface area (TPSA) is 67.9 Å². The second kappa shape index (κ2) is 9.37. The molecule has 2 aromatic rings. The third kappa shape index (κ3) is 4.95. The number of likely N-dealkylation sites (tertiary alicyclic amines) is 1. The summed E-state index contributed by atoms with van der Waals surface area (Å²) >= 11 is 12.0. The Hall–Kier alpha value is -2.44.